The molecule has 2 saturated carbocycles. The fraction of sp³-hybridized carbons (Fsp3) is 0.650. The summed E-state index contributed by atoms with van der Waals surface area (Å²) in [4.78, 5) is 0. The van der Waals surface area contributed by atoms with E-state index in [1.165, 1.54) is 44.1 Å². The van der Waals surface area contributed by atoms with Crippen molar-refractivity contribution in [2.24, 2.45) is 11.8 Å². The van der Waals surface area contributed by atoms with Crippen LogP contribution in [0.25, 0.3) is 0 Å². The van der Waals surface area contributed by atoms with Gasteiger partial charge in [0.2, 0.25) is 0 Å². The van der Waals surface area contributed by atoms with Crippen LogP contribution in [0, 0.1) is 23.2 Å². The number of ether oxygens (including phenoxy) is 1. The topological polar surface area (TPSA) is 33.0 Å². The Balaban J connectivity index is 1.57. The molecular formula is C20H27NO. The van der Waals surface area contributed by atoms with E-state index in [0.717, 1.165) is 30.4 Å². The second kappa shape index (κ2) is 7.29. The average molecular weight is 297 g/mol. The van der Waals surface area contributed by atoms with Crippen LogP contribution in [-0.4, -0.2) is 12.7 Å². The van der Waals surface area contributed by atoms with Crippen molar-refractivity contribution >= 4 is 0 Å². The van der Waals surface area contributed by atoms with Gasteiger partial charge in [-0.15, -0.1) is 0 Å². The summed E-state index contributed by atoms with van der Waals surface area (Å²) < 4.78 is 5.99. The molecule has 0 heterocycles. The van der Waals surface area contributed by atoms with E-state index in [1.807, 2.05) is 12.1 Å². The molecule has 0 spiro atoms. The predicted molar refractivity (Wildman–Crippen MR) is 88.6 cm³/mol. The van der Waals surface area contributed by atoms with Crippen LogP contribution in [0.1, 0.15) is 68.9 Å². The van der Waals surface area contributed by atoms with Crippen LogP contribution >= 0.6 is 0 Å². The van der Waals surface area contributed by atoms with Gasteiger partial charge in [-0.05, 0) is 80.4 Å². The highest BCUT2D eigenvalue weighted by Crippen LogP contribution is 2.46. The van der Waals surface area contributed by atoms with E-state index in [1.54, 1.807) is 0 Å². The third kappa shape index (κ3) is 3.52. The minimum absolute atomic E-state index is 0.521. The first-order valence-corrected chi connectivity index (χ1v) is 8.91. The van der Waals surface area contributed by atoms with Crippen LogP contribution in [0.4, 0.5) is 0 Å². The zero-order valence-electron chi connectivity index (χ0n) is 13.6. The van der Waals surface area contributed by atoms with Crippen LogP contribution in [0.15, 0.2) is 24.3 Å². The summed E-state index contributed by atoms with van der Waals surface area (Å²) in [5.74, 6) is 2.46. The molecule has 0 saturated heterocycles. The molecule has 2 aliphatic carbocycles. The number of benzene rings is 1. The molecule has 1 aromatic rings. The lowest BCUT2D eigenvalue weighted by Crippen LogP contribution is -2.33. The summed E-state index contributed by atoms with van der Waals surface area (Å²) in [5, 5.41) is 8.92. The van der Waals surface area contributed by atoms with Crippen LogP contribution in [0.3, 0.4) is 0 Å². The molecule has 4 unspecified atom stereocenters. The Kier molecular flexibility index (Phi) is 5.16. The molecule has 0 N–H and O–H groups in total. The quantitative estimate of drug-likeness (QED) is 0.780. The molecule has 22 heavy (non-hydrogen) atoms. The Bertz CT molecular complexity index is 516. The fourth-order valence-corrected chi connectivity index (χ4v) is 4.41. The molecule has 2 fully saturated rings. The van der Waals surface area contributed by atoms with E-state index in [4.69, 9.17) is 10.00 Å². The van der Waals surface area contributed by atoms with Crippen molar-refractivity contribution in [1.82, 2.24) is 0 Å². The Labute approximate surface area is 134 Å². The van der Waals surface area contributed by atoms with E-state index >= 15 is 0 Å². The summed E-state index contributed by atoms with van der Waals surface area (Å²) >= 11 is 0. The molecule has 3 rings (SSSR count). The number of nitriles is 1. The average Bonchev–Trinajstić information content (AvgIpc) is 2.59. The molecule has 0 bridgehead atoms. The van der Waals surface area contributed by atoms with Gasteiger partial charge in [-0.1, -0.05) is 19.1 Å². The third-order valence-corrected chi connectivity index (χ3v) is 5.63. The van der Waals surface area contributed by atoms with Gasteiger partial charge in [-0.2, -0.15) is 5.26 Å². The van der Waals surface area contributed by atoms with Gasteiger partial charge < -0.3 is 4.74 Å². The molecule has 2 aliphatic rings. The van der Waals surface area contributed by atoms with Crippen molar-refractivity contribution in [2.75, 3.05) is 6.61 Å². The Morgan fingerprint density at radius 3 is 2.50 bits per heavy atom. The zero-order valence-corrected chi connectivity index (χ0v) is 13.6. The summed E-state index contributed by atoms with van der Waals surface area (Å²) in [6.45, 7) is 3.12. The largest absolute Gasteiger partial charge is 0.378 e. The first-order valence-electron chi connectivity index (χ1n) is 8.91. The van der Waals surface area contributed by atoms with E-state index in [-0.39, 0.29) is 0 Å². The molecule has 2 heteroatoms. The zero-order chi connectivity index (χ0) is 15.4. The van der Waals surface area contributed by atoms with Crippen molar-refractivity contribution in [2.45, 2.75) is 63.9 Å². The lowest BCUT2D eigenvalue weighted by atomic mass is 9.65. The molecular weight excluding hydrogens is 270 g/mol. The third-order valence-electron chi connectivity index (χ3n) is 5.63. The van der Waals surface area contributed by atoms with Crippen LogP contribution in [-0.2, 0) is 4.74 Å². The molecule has 2 nitrogen and oxygen atoms in total. The highest BCUT2D eigenvalue weighted by atomic mass is 16.5. The van der Waals surface area contributed by atoms with Crippen molar-refractivity contribution in [3.63, 3.8) is 0 Å². The summed E-state index contributed by atoms with van der Waals surface area (Å²) in [6.07, 6.45) is 9.50. The van der Waals surface area contributed by atoms with Crippen LogP contribution < -0.4 is 0 Å². The molecule has 4 atom stereocenters. The van der Waals surface area contributed by atoms with Gasteiger partial charge in [0, 0.05) is 6.61 Å². The number of hydrogen-bond acceptors (Lipinski definition) is 2. The number of nitrogens with zero attached hydrogens (tertiary/aromatic N) is 1. The summed E-state index contributed by atoms with van der Waals surface area (Å²) in [7, 11) is 0. The van der Waals surface area contributed by atoms with Gasteiger partial charge in [-0.25, -0.2) is 0 Å². The van der Waals surface area contributed by atoms with Gasteiger partial charge in [0.1, 0.15) is 0 Å². The van der Waals surface area contributed by atoms with Gasteiger partial charge in [0.15, 0.2) is 0 Å². The Morgan fingerprint density at radius 1 is 1.05 bits per heavy atom. The van der Waals surface area contributed by atoms with E-state index in [2.05, 4.69) is 25.1 Å². The fourth-order valence-electron chi connectivity index (χ4n) is 4.41. The molecule has 0 radical (unpaired) electrons. The van der Waals surface area contributed by atoms with Gasteiger partial charge in [0.25, 0.3) is 0 Å². The second-order valence-electron chi connectivity index (χ2n) is 7.07. The van der Waals surface area contributed by atoms with Gasteiger partial charge in [0.05, 0.1) is 17.7 Å². The van der Waals surface area contributed by atoms with E-state index < -0.39 is 0 Å². The van der Waals surface area contributed by atoms with Crippen molar-refractivity contribution in [1.29, 1.82) is 5.26 Å². The lowest BCUT2D eigenvalue weighted by molar-refractivity contribution is -0.0147. The standard InChI is InChI=1S/C20H27NO/c1-2-11-22-20-10-9-18-12-17(7-8-19(18)13-20)16-5-3-15(14-21)4-6-16/h3-6,17-20H,2,7-13H2,1H3. The van der Waals surface area contributed by atoms with E-state index in [0.29, 0.717) is 12.0 Å². The second-order valence-corrected chi connectivity index (χ2v) is 7.07. The minimum atomic E-state index is 0.521. The highest BCUT2D eigenvalue weighted by Gasteiger charge is 2.36. The molecule has 0 amide bonds. The Morgan fingerprint density at radius 2 is 1.77 bits per heavy atom. The monoisotopic (exact) mass is 297 g/mol. The highest BCUT2D eigenvalue weighted by molar-refractivity contribution is 5.33. The van der Waals surface area contributed by atoms with Gasteiger partial charge in [-0.3, -0.25) is 0 Å². The smallest absolute Gasteiger partial charge is 0.0991 e. The van der Waals surface area contributed by atoms with Crippen LogP contribution in [0.2, 0.25) is 0 Å². The minimum Gasteiger partial charge on any atom is -0.378 e. The molecule has 0 aliphatic heterocycles. The predicted octanol–water partition coefficient (Wildman–Crippen LogP) is 5.04. The molecule has 118 valence electrons. The first kappa shape index (κ1) is 15.6. The normalized spacial score (nSPS) is 31.3. The van der Waals surface area contributed by atoms with Crippen molar-refractivity contribution in [3.05, 3.63) is 35.4 Å². The maximum Gasteiger partial charge on any atom is 0.0991 e. The van der Waals surface area contributed by atoms with Crippen molar-refractivity contribution < 1.29 is 4.74 Å². The number of fused-ring (bicyclic) bond motifs is 1. The van der Waals surface area contributed by atoms with Crippen molar-refractivity contribution in [3.8, 4) is 6.07 Å². The van der Waals surface area contributed by atoms with Crippen LogP contribution in [0.5, 0.6) is 0 Å². The van der Waals surface area contributed by atoms with E-state index in [9.17, 15) is 0 Å². The summed E-state index contributed by atoms with van der Waals surface area (Å²) in [5.41, 5.74) is 2.20. The maximum atomic E-state index is 8.92. The number of hydrogen-bond donors (Lipinski definition) is 0. The first-order chi connectivity index (χ1) is 10.8. The maximum absolute atomic E-state index is 8.92. The summed E-state index contributed by atoms with van der Waals surface area (Å²) in [6, 6.07) is 10.5. The number of rotatable bonds is 4. The molecule has 1 aromatic carbocycles. The molecule has 0 aromatic heterocycles. The SMILES string of the molecule is CCCOC1CCC2CC(c3ccc(C#N)cc3)CCC2C1. The Hall–Kier alpha value is -1.33. The lowest BCUT2D eigenvalue weighted by Gasteiger charge is -2.42. The van der Waals surface area contributed by atoms with Gasteiger partial charge >= 0.3 is 0 Å².